The zero-order valence-electron chi connectivity index (χ0n) is 21.0. The maximum Gasteiger partial charge on any atom is 0.416 e. The molecule has 0 saturated heterocycles. The SMILES string of the molecule is C=CCNc1ccc(C(F)(F)F)cc1C(=O)NCC(=O)N[C@@H]1CCCC[C@@H]1NC(=O)c1ccc(SC)cc1. The highest BCUT2D eigenvalue weighted by molar-refractivity contribution is 7.98. The number of thioether (sulfide) groups is 1. The van der Waals surface area contributed by atoms with Crippen molar-refractivity contribution in [3.05, 3.63) is 71.8 Å². The summed E-state index contributed by atoms with van der Waals surface area (Å²) in [4.78, 5) is 39.2. The van der Waals surface area contributed by atoms with Crippen LogP contribution in [0.15, 0.2) is 60.0 Å². The fourth-order valence-corrected chi connectivity index (χ4v) is 4.64. The van der Waals surface area contributed by atoms with Crippen LogP contribution in [0.5, 0.6) is 0 Å². The van der Waals surface area contributed by atoms with Crippen LogP contribution in [0, 0.1) is 0 Å². The number of hydrogen-bond acceptors (Lipinski definition) is 5. The van der Waals surface area contributed by atoms with Gasteiger partial charge in [-0.25, -0.2) is 0 Å². The first-order chi connectivity index (χ1) is 18.1. The normalized spacial score (nSPS) is 17.3. The van der Waals surface area contributed by atoms with Crippen molar-refractivity contribution in [3.63, 3.8) is 0 Å². The molecule has 204 valence electrons. The zero-order chi connectivity index (χ0) is 27.7. The van der Waals surface area contributed by atoms with Gasteiger partial charge in [-0.05, 0) is 61.6 Å². The van der Waals surface area contributed by atoms with E-state index in [1.165, 1.54) is 12.1 Å². The van der Waals surface area contributed by atoms with Crippen molar-refractivity contribution < 1.29 is 27.6 Å². The van der Waals surface area contributed by atoms with Gasteiger partial charge in [-0.2, -0.15) is 13.2 Å². The molecular formula is C27H31F3N4O3S. The van der Waals surface area contributed by atoms with Crippen LogP contribution >= 0.6 is 11.8 Å². The van der Waals surface area contributed by atoms with Gasteiger partial charge < -0.3 is 21.3 Å². The van der Waals surface area contributed by atoms with Crippen LogP contribution in [0.2, 0.25) is 0 Å². The predicted molar refractivity (Wildman–Crippen MR) is 142 cm³/mol. The monoisotopic (exact) mass is 548 g/mol. The maximum absolute atomic E-state index is 13.2. The summed E-state index contributed by atoms with van der Waals surface area (Å²) in [5.41, 5.74) is -0.492. The summed E-state index contributed by atoms with van der Waals surface area (Å²) in [6.45, 7) is 3.36. The quantitative estimate of drug-likeness (QED) is 0.257. The predicted octanol–water partition coefficient (Wildman–Crippen LogP) is 4.61. The number of carbonyl (C=O) groups is 3. The molecule has 2 aromatic carbocycles. The molecule has 38 heavy (non-hydrogen) atoms. The fraction of sp³-hybridized carbons (Fsp3) is 0.370. The molecule has 3 amide bonds. The van der Waals surface area contributed by atoms with Crippen LogP contribution in [-0.4, -0.2) is 49.2 Å². The second-order valence-corrected chi connectivity index (χ2v) is 9.76. The van der Waals surface area contributed by atoms with Gasteiger partial charge in [-0.1, -0.05) is 18.9 Å². The van der Waals surface area contributed by atoms with Gasteiger partial charge in [0, 0.05) is 34.8 Å². The summed E-state index contributed by atoms with van der Waals surface area (Å²) in [6.07, 6.45) is 1.94. The molecule has 11 heteroatoms. The summed E-state index contributed by atoms with van der Waals surface area (Å²) < 4.78 is 39.6. The van der Waals surface area contributed by atoms with Gasteiger partial charge in [-0.15, -0.1) is 18.3 Å². The lowest BCUT2D eigenvalue weighted by Gasteiger charge is -2.33. The van der Waals surface area contributed by atoms with Crippen LogP contribution in [0.4, 0.5) is 18.9 Å². The van der Waals surface area contributed by atoms with E-state index >= 15 is 0 Å². The van der Waals surface area contributed by atoms with E-state index in [-0.39, 0.29) is 35.8 Å². The first-order valence-corrected chi connectivity index (χ1v) is 13.4. The van der Waals surface area contributed by atoms with E-state index in [0.717, 1.165) is 29.9 Å². The van der Waals surface area contributed by atoms with Crippen LogP contribution in [0.25, 0.3) is 0 Å². The Morgan fingerprint density at radius 3 is 2.26 bits per heavy atom. The molecule has 1 saturated carbocycles. The van der Waals surface area contributed by atoms with E-state index < -0.39 is 30.1 Å². The summed E-state index contributed by atoms with van der Waals surface area (Å²) in [5, 5.41) is 11.1. The highest BCUT2D eigenvalue weighted by Gasteiger charge is 2.32. The Morgan fingerprint density at radius 2 is 1.66 bits per heavy atom. The number of anilines is 1. The lowest BCUT2D eigenvalue weighted by atomic mass is 9.90. The van der Waals surface area contributed by atoms with Gasteiger partial charge in [0.05, 0.1) is 17.7 Å². The number of carbonyl (C=O) groups excluding carboxylic acids is 3. The van der Waals surface area contributed by atoms with Crippen molar-refractivity contribution in [2.24, 2.45) is 0 Å². The number of nitrogens with one attached hydrogen (secondary N) is 4. The number of halogens is 3. The average Bonchev–Trinajstić information content (AvgIpc) is 2.91. The Morgan fingerprint density at radius 1 is 1.00 bits per heavy atom. The number of hydrogen-bond donors (Lipinski definition) is 4. The molecule has 0 spiro atoms. The van der Waals surface area contributed by atoms with Gasteiger partial charge >= 0.3 is 6.18 Å². The van der Waals surface area contributed by atoms with Crippen LogP contribution < -0.4 is 21.3 Å². The number of benzene rings is 2. The minimum atomic E-state index is -4.62. The number of alkyl halides is 3. The second-order valence-electron chi connectivity index (χ2n) is 8.88. The van der Waals surface area contributed by atoms with Crippen LogP contribution in [-0.2, 0) is 11.0 Å². The van der Waals surface area contributed by atoms with Crippen molar-refractivity contribution in [2.75, 3.05) is 24.7 Å². The minimum absolute atomic E-state index is 0.191. The Labute approximate surface area is 224 Å². The molecule has 1 aliphatic rings. The largest absolute Gasteiger partial charge is 0.416 e. The summed E-state index contributed by atoms with van der Waals surface area (Å²) in [6, 6.07) is 9.41. The highest BCUT2D eigenvalue weighted by Crippen LogP contribution is 2.32. The third-order valence-electron chi connectivity index (χ3n) is 6.22. The van der Waals surface area contributed by atoms with Gasteiger partial charge in [0.15, 0.2) is 0 Å². The average molecular weight is 549 g/mol. The van der Waals surface area contributed by atoms with Crippen molar-refractivity contribution >= 4 is 35.2 Å². The van der Waals surface area contributed by atoms with Gasteiger partial charge in [0.2, 0.25) is 5.91 Å². The molecule has 2 aromatic rings. The maximum atomic E-state index is 13.2. The lowest BCUT2D eigenvalue weighted by molar-refractivity contribution is -0.137. The number of amides is 3. The summed E-state index contributed by atoms with van der Waals surface area (Å²) in [5.74, 6) is -1.55. The molecule has 0 aromatic heterocycles. The summed E-state index contributed by atoms with van der Waals surface area (Å²) >= 11 is 1.58. The smallest absolute Gasteiger partial charge is 0.381 e. The molecule has 0 unspecified atom stereocenters. The molecule has 0 aliphatic heterocycles. The van der Waals surface area contributed by atoms with Gasteiger partial charge in [-0.3, -0.25) is 14.4 Å². The van der Waals surface area contributed by atoms with Crippen molar-refractivity contribution in [3.8, 4) is 0 Å². The first kappa shape index (κ1) is 29.1. The Bertz CT molecular complexity index is 1160. The summed E-state index contributed by atoms with van der Waals surface area (Å²) in [7, 11) is 0. The molecule has 0 radical (unpaired) electrons. The molecule has 1 aliphatic carbocycles. The van der Waals surface area contributed by atoms with E-state index in [2.05, 4.69) is 27.8 Å². The molecule has 2 atom stereocenters. The zero-order valence-corrected chi connectivity index (χ0v) is 21.8. The van der Waals surface area contributed by atoms with E-state index in [4.69, 9.17) is 0 Å². The Hall–Kier alpha value is -3.47. The molecule has 7 nitrogen and oxygen atoms in total. The second kappa shape index (κ2) is 13.4. The highest BCUT2D eigenvalue weighted by atomic mass is 32.2. The standard InChI is InChI=1S/C27H31F3N4O3S/c1-3-14-31-21-13-10-18(27(28,29)30)15-20(21)26(37)32-16-24(35)33-22-6-4-5-7-23(22)34-25(36)17-8-11-19(38-2)12-9-17/h3,8-13,15,22-23,31H,1,4-7,14,16H2,2H3,(H,32,37)(H,33,35)(H,34,36)/t22-,23+/m1/s1. The Balaban J connectivity index is 1.61. The van der Waals surface area contributed by atoms with Crippen LogP contribution in [0.3, 0.4) is 0 Å². The topological polar surface area (TPSA) is 99.3 Å². The van der Waals surface area contributed by atoms with Crippen molar-refractivity contribution in [1.82, 2.24) is 16.0 Å². The number of rotatable bonds is 10. The lowest BCUT2D eigenvalue weighted by Crippen LogP contribution is -2.54. The molecule has 1 fully saturated rings. The van der Waals surface area contributed by atoms with E-state index in [1.807, 2.05) is 18.4 Å². The van der Waals surface area contributed by atoms with Gasteiger partial charge in [0.1, 0.15) is 0 Å². The molecule has 0 heterocycles. The van der Waals surface area contributed by atoms with Gasteiger partial charge in [0.25, 0.3) is 11.8 Å². The third kappa shape index (κ3) is 8.01. The first-order valence-electron chi connectivity index (χ1n) is 12.2. The van der Waals surface area contributed by atoms with E-state index in [9.17, 15) is 27.6 Å². The Kier molecular flexibility index (Phi) is 10.2. The van der Waals surface area contributed by atoms with Crippen molar-refractivity contribution in [1.29, 1.82) is 0 Å². The molecule has 3 rings (SSSR count). The molecular weight excluding hydrogens is 517 g/mol. The molecule has 4 N–H and O–H groups in total. The van der Waals surface area contributed by atoms with Crippen molar-refractivity contribution in [2.45, 2.75) is 48.8 Å². The third-order valence-corrected chi connectivity index (χ3v) is 6.96. The van der Waals surface area contributed by atoms with E-state index in [0.29, 0.717) is 18.4 Å². The molecule has 0 bridgehead atoms. The van der Waals surface area contributed by atoms with E-state index in [1.54, 1.807) is 23.9 Å². The fourth-order valence-electron chi connectivity index (χ4n) is 4.23. The van der Waals surface area contributed by atoms with Crippen LogP contribution in [0.1, 0.15) is 52.0 Å². The minimum Gasteiger partial charge on any atom is -0.381 e.